The van der Waals surface area contributed by atoms with Gasteiger partial charge >= 0.3 is 0 Å². The molecule has 0 saturated heterocycles. The summed E-state index contributed by atoms with van der Waals surface area (Å²) in [6, 6.07) is 5.57. The van der Waals surface area contributed by atoms with Crippen LogP contribution in [0.3, 0.4) is 0 Å². The first-order valence-corrected chi connectivity index (χ1v) is 11.3. The Labute approximate surface area is 174 Å². The Morgan fingerprint density at radius 3 is 2.75 bits per heavy atom. The lowest BCUT2D eigenvalue weighted by Gasteiger charge is -2.33. The maximum atomic E-state index is 12.2. The number of rotatable bonds is 7. The van der Waals surface area contributed by atoms with Gasteiger partial charge in [-0.3, -0.25) is 4.79 Å². The van der Waals surface area contributed by atoms with E-state index < -0.39 is 0 Å². The van der Waals surface area contributed by atoms with Crippen molar-refractivity contribution in [3.63, 3.8) is 0 Å². The van der Waals surface area contributed by atoms with E-state index in [1.807, 2.05) is 25.1 Å². The predicted octanol–water partition coefficient (Wildman–Crippen LogP) is 6.05. The Hall–Kier alpha value is -1.55. The van der Waals surface area contributed by atoms with Crippen LogP contribution in [-0.2, 0) is 4.79 Å². The molecule has 0 unspecified atom stereocenters. The summed E-state index contributed by atoms with van der Waals surface area (Å²) in [6.45, 7) is 2.48. The monoisotopic (exact) mass is 404 g/mol. The molecule has 1 aromatic carbocycles. The van der Waals surface area contributed by atoms with Crippen LogP contribution in [0.2, 0.25) is 5.02 Å². The topological polar surface area (TPSA) is 50.7 Å². The molecule has 0 aromatic heterocycles. The Balaban J connectivity index is 1.42. The molecular weight excluding hydrogens is 372 g/mol. The standard InChI is InChI=1S/C23H33ClN2O2/c1-17-16-19(24)13-14-22(17)28-15-7-12-23(27)26-25-21-11-6-5-10-20(21)18-8-3-2-4-9-18/h13-14,16,18,20H,2-12,15H2,1H3,(H,26,27)/b25-21-/t20-/m0/s1. The zero-order valence-corrected chi connectivity index (χ0v) is 17.8. The second-order valence-corrected chi connectivity index (χ2v) is 8.69. The molecule has 1 atom stereocenters. The average molecular weight is 405 g/mol. The summed E-state index contributed by atoms with van der Waals surface area (Å²) in [6.07, 6.45) is 12.6. The molecule has 2 fully saturated rings. The lowest BCUT2D eigenvalue weighted by molar-refractivity contribution is -0.121. The Bertz CT molecular complexity index is 683. The summed E-state index contributed by atoms with van der Waals surface area (Å²) in [5.41, 5.74) is 5.06. The molecule has 0 spiro atoms. The van der Waals surface area contributed by atoms with Gasteiger partial charge in [0.05, 0.1) is 6.61 Å². The average Bonchev–Trinajstić information content (AvgIpc) is 2.72. The molecule has 0 bridgehead atoms. The number of ether oxygens (including phenoxy) is 1. The third-order valence-corrected chi connectivity index (χ3v) is 6.35. The van der Waals surface area contributed by atoms with E-state index in [0.717, 1.165) is 23.7 Å². The smallest absolute Gasteiger partial charge is 0.240 e. The molecule has 28 heavy (non-hydrogen) atoms. The summed E-state index contributed by atoms with van der Waals surface area (Å²) in [5, 5.41) is 5.27. The van der Waals surface area contributed by atoms with Crippen LogP contribution in [0.15, 0.2) is 23.3 Å². The van der Waals surface area contributed by atoms with Gasteiger partial charge in [-0.15, -0.1) is 0 Å². The van der Waals surface area contributed by atoms with Crippen LogP contribution >= 0.6 is 11.6 Å². The zero-order valence-electron chi connectivity index (χ0n) is 17.0. The van der Waals surface area contributed by atoms with Crippen LogP contribution < -0.4 is 10.2 Å². The molecule has 0 aliphatic heterocycles. The third kappa shape index (κ3) is 6.23. The molecule has 0 radical (unpaired) electrons. The fraction of sp³-hybridized carbons (Fsp3) is 0.652. The first kappa shape index (κ1) is 21.2. The Kier molecular flexibility index (Phi) is 8.20. The number of halogens is 1. The lowest BCUT2D eigenvalue weighted by Crippen LogP contribution is -2.31. The number of aryl methyl sites for hydroxylation is 1. The molecule has 1 aromatic rings. The molecule has 3 rings (SSSR count). The highest BCUT2D eigenvalue weighted by atomic mass is 35.5. The van der Waals surface area contributed by atoms with E-state index >= 15 is 0 Å². The van der Waals surface area contributed by atoms with Gasteiger partial charge in [0.2, 0.25) is 5.91 Å². The molecule has 2 saturated carbocycles. The van der Waals surface area contributed by atoms with E-state index in [1.54, 1.807) is 0 Å². The molecule has 2 aliphatic rings. The summed E-state index contributed by atoms with van der Waals surface area (Å²) in [7, 11) is 0. The van der Waals surface area contributed by atoms with E-state index in [1.165, 1.54) is 57.1 Å². The summed E-state index contributed by atoms with van der Waals surface area (Å²) in [5.74, 6) is 2.17. The maximum absolute atomic E-state index is 12.2. The van der Waals surface area contributed by atoms with Gasteiger partial charge < -0.3 is 4.74 Å². The lowest BCUT2D eigenvalue weighted by atomic mass is 9.72. The van der Waals surface area contributed by atoms with E-state index in [0.29, 0.717) is 30.4 Å². The minimum Gasteiger partial charge on any atom is -0.493 e. The van der Waals surface area contributed by atoms with E-state index in [4.69, 9.17) is 16.3 Å². The summed E-state index contributed by atoms with van der Waals surface area (Å²) >= 11 is 5.96. The molecular formula is C23H33ClN2O2. The number of nitrogens with one attached hydrogen (secondary N) is 1. The highest BCUT2D eigenvalue weighted by molar-refractivity contribution is 6.30. The number of hydrogen-bond donors (Lipinski definition) is 1. The highest BCUT2D eigenvalue weighted by Crippen LogP contribution is 2.36. The van der Waals surface area contributed by atoms with Crippen LogP contribution in [0.4, 0.5) is 0 Å². The van der Waals surface area contributed by atoms with Crippen molar-refractivity contribution >= 4 is 23.2 Å². The number of hydrazone groups is 1. The van der Waals surface area contributed by atoms with Crippen molar-refractivity contribution in [3.05, 3.63) is 28.8 Å². The molecule has 1 N–H and O–H groups in total. The minimum absolute atomic E-state index is 0.0168. The van der Waals surface area contributed by atoms with Gasteiger partial charge in [0.25, 0.3) is 0 Å². The fourth-order valence-corrected chi connectivity index (χ4v) is 4.81. The number of benzene rings is 1. The zero-order chi connectivity index (χ0) is 19.8. The van der Waals surface area contributed by atoms with Crippen molar-refractivity contribution in [1.82, 2.24) is 5.43 Å². The summed E-state index contributed by atoms with van der Waals surface area (Å²) < 4.78 is 5.76. The third-order valence-electron chi connectivity index (χ3n) is 6.11. The number of carbonyl (C=O) groups excluding carboxylic acids is 1. The van der Waals surface area contributed by atoms with Gasteiger partial charge in [0.1, 0.15) is 5.75 Å². The van der Waals surface area contributed by atoms with Crippen LogP contribution in [0, 0.1) is 18.8 Å². The van der Waals surface area contributed by atoms with Crippen LogP contribution in [0.25, 0.3) is 0 Å². The largest absolute Gasteiger partial charge is 0.493 e. The predicted molar refractivity (Wildman–Crippen MR) is 115 cm³/mol. The minimum atomic E-state index is -0.0168. The first-order valence-electron chi connectivity index (χ1n) is 10.9. The second-order valence-electron chi connectivity index (χ2n) is 8.25. The van der Waals surface area contributed by atoms with Gasteiger partial charge in [-0.05, 0) is 75.1 Å². The quantitative estimate of drug-likeness (QED) is 0.444. The van der Waals surface area contributed by atoms with Crippen molar-refractivity contribution in [2.45, 2.75) is 77.6 Å². The van der Waals surface area contributed by atoms with Gasteiger partial charge in [-0.1, -0.05) is 37.3 Å². The van der Waals surface area contributed by atoms with Gasteiger partial charge in [0.15, 0.2) is 0 Å². The van der Waals surface area contributed by atoms with Gasteiger partial charge in [-0.25, -0.2) is 5.43 Å². The number of hydrogen-bond acceptors (Lipinski definition) is 3. The molecule has 1 amide bonds. The van der Waals surface area contributed by atoms with Crippen LogP contribution in [0.5, 0.6) is 5.75 Å². The molecule has 154 valence electrons. The second kappa shape index (κ2) is 10.8. The molecule has 4 nitrogen and oxygen atoms in total. The number of carbonyl (C=O) groups is 1. The SMILES string of the molecule is Cc1cc(Cl)ccc1OCCCC(=O)N/N=C1/CCCC[C@H]1C1CCCCC1. The Morgan fingerprint density at radius 2 is 1.96 bits per heavy atom. The van der Waals surface area contributed by atoms with E-state index in [9.17, 15) is 4.79 Å². The normalized spacial score (nSPS) is 22.2. The number of nitrogens with zero attached hydrogens (tertiary/aromatic N) is 1. The van der Waals surface area contributed by atoms with Crippen molar-refractivity contribution in [3.8, 4) is 5.75 Å². The fourth-order valence-electron chi connectivity index (χ4n) is 4.59. The van der Waals surface area contributed by atoms with Crippen molar-refractivity contribution < 1.29 is 9.53 Å². The Morgan fingerprint density at radius 1 is 1.18 bits per heavy atom. The van der Waals surface area contributed by atoms with E-state index in [-0.39, 0.29) is 5.91 Å². The molecule has 0 heterocycles. The van der Waals surface area contributed by atoms with Gasteiger partial charge in [0, 0.05) is 23.1 Å². The van der Waals surface area contributed by atoms with Crippen molar-refractivity contribution in [2.24, 2.45) is 16.9 Å². The summed E-state index contributed by atoms with van der Waals surface area (Å²) in [4.78, 5) is 12.2. The van der Waals surface area contributed by atoms with Crippen molar-refractivity contribution in [1.29, 1.82) is 0 Å². The highest BCUT2D eigenvalue weighted by Gasteiger charge is 2.29. The molecule has 5 heteroatoms. The van der Waals surface area contributed by atoms with Gasteiger partial charge in [-0.2, -0.15) is 5.10 Å². The number of amides is 1. The van der Waals surface area contributed by atoms with E-state index in [2.05, 4.69) is 10.5 Å². The van der Waals surface area contributed by atoms with Crippen LogP contribution in [-0.4, -0.2) is 18.2 Å². The van der Waals surface area contributed by atoms with Crippen molar-refractivity contribution in [2.75, 3.05) is 6.61 Å². The molecule has 2 aliphatic carbocycles. The first-order chi connectivity index (χ1) is 13.6. The maximum Gasteiger partial charge on any atom is 0.240 e. The van der Waals surface area contributed by atoms with Crippen LogP contribution in [0.1, 0.15) is 76.2 Å².